The van der Waals surface area contributed by atoms with Crippen molar-refractivity contribution in [1.29, 1.82) is 0 Å². The van der Waals surface area contributed by atoms with Gasteiger partial charge in [-0.1, -0.05) is 12.1 Å². The summed E-state index contributed by atoms with van der Waals surface area (Å²) in [5, 5.41) is 9.12. The number of aromatic hydroxyl groups is 1. The third-order valence-electron chi connectivity index (χ3n) is 2.26. The molecule has 6 heteroatoms. The minimum Gasteiger partial charge on any atom is -0.508 e. The average Bonchev–Trinajstić information content (AvgIpc) is 2.25. The van der Waals surface area contributed by atoms with Crippen LogP contribution in [0.1, 0.15) is 25.8 Å². The van der Waals surface area contributed by atoms with Crippen molar-refractivity contribution in [1.82, 2.24) is 9.44 Å². The van der Waals surface area contributed by atoms with E-state index in [1.165, 1.54) is 0 Å². The highest BCUT2D eigenvalue weighted by atomic mass is 32.2. The van der Waals surface area contributed by atoms with Crippen molar-refractivity contribution in [2.75, 3.05) is 6.54 Å². The van der Waals surface area contributed by atoms with E-state index in [-0.39, 0.29) is 11.8 Å². The number of benzene rings is 1. The molecule has 18 heavy (non-hydrogen) atoms. The number of hydrogen-bond donors (Lipinski definition) is 3. The molecular weight excluding hydrogens is 252 g/mol. The predicted molar refractivity (Wildman–Crippen MR) is 71.6 cm³/mol. The Morgan fingerprint density at radius 3 is 2.39 bits per heavy atom. The number of hydrogen-bond acceptors (Lipinski definition) is 3. The number of nitrogens with one attached hydrogen (secondary N) is 2. The molecule has 0 aliphatic carbocycles. The van der Waals surface area contributed by atoms with Crippen LogP contribution in [-0.4, -0.2) is 26.1 Å². The van der Waals surface area contributed by atoms with Gasteiger partial charge in [-0.25, -0.2) is 4.72 Å². The van der Waals surface area contributed by atoms with Crippen LogP contribution in [0, 0.1) is 0 Å². The topological polar surface area (TPSA) is 78.4 Å². The molecule has 1 aromatic carbocycles. The largest absolute Gasteiger partial charge is 0.508 e. The summed E-state index contributed by atoms with van der Waals surface area (Å²) in [5.74, 6) is 0.237. The first-order chi connectivity index (χ1) is 8.39. The number of rotatable bonds is 7. The molecule has 0 bridgehead atoms. The van der Waals surface area contributed by atoms with Gasteiger partial charge in [0.25, 0.3) is 10.2 Å². The van der Waals surface area contributed by atoms with Crippen LogP contribution in [0.15, 0.2) is 24.3 Å². The van der Waals surface area contributed by atoms with Crippen LogP contribution >= 0.6 is 0 Å². The van der Waals surface area contributed by atoms with E-state index in [4.69, 9.17) is 5.11 Å². The maximum Gasteiger partial charge on any atom is 0.277 e. The van der Waals surface area contributed by atoms with Crippen molar-refractivity contribution < 1.29 is 13.5 Å². The van der Waals surface area contributed by atoms with Crippen LogP contribution in [0.25, 0.3) is 0 Å². The van der Waals surface area contributed by atoms with Crippen LogP contribution in [-0.2, 0) is 16.6 Å². The summed E-state index contributed by atoms with van der Waals surface area (Å²) in [7, 11) is -3.38. The van der Waals surface area contributed by atoms with Crippen LogP contribution < -0.4 is 9.44 Å². The van der Waals surface area contributed by atoms with Crippen LogP contribution in [0.5, 0.6) is 5.75 Å². The minimum absolute atomic E-state index is 0.111. The first-order valence-electron chi connectivity index (χ1n) is 5.94. The second kappa shape index (κ2) is 6.72. The molecule has 0 saturated heterocycles. The highest BCUT2D eigenvalue weighted by molar-refractivity contribution is 7.87. The third kappa shape index (κ3) is 6.00. The Morgan fingerprint density at radius 2 is 1.83 bits per heavy atom. The Morgan fingerprint density at radius 1 is 1.22 bits per heavy atom. The predicted octanol–water partition coefficient (Wildman–Crippen LogP) is 1.16. The molecule has 0 atom stereocenters. The van der Waals surface area contributed by atoms with Crippen LogP contribution in [0.2, 0.25) is 0 Å². The van der Waals surface area contributed by atoms with Crippen molar-refractivity contribution in [3.8, 4) is 5.75 Å². The highest BCUT2D eigenvalue weighted by Gasteiger charge is 2.09. The zero-order chi connectivity index (χ0) is 13.6. The summed E-state index contributed by atoms with van der Waals surface area (Å²) in [5.41, 5.74) is 1.07. The van der Waals surface area contributed by atoms with E-state index in [0.717, 1.165) is 12.0 Å². The van der Waals surface area contributed by atoms with Gasteiger partial charge in [-0.3, -0.25) is 0 Å². The van der Waals surface area contributed by atoms with Gasteiger partial charge < -0.3 is 5.11 Å². The van der Waals surface area contributed by atoms with Crippen molar-refractivity contribution in [3.05, 3.63) is 29.8 Å². The summed E-state index contributed by atoms with van der Waals surface area (Å²) in [6, 6.07) is 6.80. The quantitative estimate of drug-likeness (QED) is 0.652. The monoisotopic (exact) mass is 272 g/mol. The molecule has 0 aliphatic rings. The molecule has 1 rings (SSSR count). The van der Waals surface area contributed by atoms with Crippen molar-refractivity contribution in [2.24, 2.45) is 0 Å². The van der Waals surface area contributed by atoms with Gasteiger partial charge in [0.2, 0.25) is 0 Å². The lowest BCUT2D eigenvalue weighted by atomic mass is 10.1. The van der Waals surface area contributed by atoms with E-state index in [9.17, 15) is 8.42 Å². The molecule has 5 nitrogen and oxygen atoms in total. The van der Waals surface area contributed by atoms with Gasteiger partial charge in [-0.2, -0.15) is 13.1 Å². The molecule has 0 heterocycles. The molecule has 0 radical (unpaired) electrons. The van der Waals surface area contributed by atoms with Crippen molar-refractivity contribution in [3.63, 3.8) is 0 Å². The lowest BCUT2D eigenvalue weighted by molar-refractivity contribution is 0.475. The van der Waals surface area contributed by atoms with E-state index in [0.29, 0.717) is 13.0 Å². The van der Waals surface area contributed by atoms with Crippen LogP contribution in [0.3, 0.4) is 0 Å². The number of phenolic OH excluding ortho intramolecular Hbond substituents is 1. The van der Waals surface area contributed by atoms with Gasteiger partial charge in [0.15, 0.2) is 0 Å². The Bertz CT molecular complexity index is 455. The lowest BCUT2D eigenvalue weighted by Gasteiger charge is -2.10. The van der Waals surface area contributed by atoms with E-state index in [2.05, 4.69) is 9.44 Å². The van der Waals surface area contributed by atoms with E-state index in [1.807, 2.05) is 12.1 Å². The minimum atomic E-state index is -3.38. The Kier molecular flexibility index (Phi) is 5.58. The molecule has 0 unspecified atom stereocenters. The molecule has 102 valence electrons. The molecule has 1 aromatic rings. The van der Waals surface area contributed by atoms with Gasteiger partial charge in [-0.05, 0) is 44.4 Å². The Labute approximate surface area is 108 Å². The van der Waals surface area contributed by atoms with Crippen molar-refractivity contribution >= 4 is 10.2 Å². The number of phenols is 1. The van der Waals surface area contributed by atoms with Gasteiger partial charge in [0.1, 0.15) is 5.75 Å². The summed E-state index contributed by atoms with van der Waals surface area (Å²) < 4.78 is 27.8. The maximum absolute atomic E-state index is 11.4. The van der Waals surface area contributed by atoms with E-state index < -0.39 is 10.2 Å². The highest BCUT2D eigenvalue weighted by Crippen LogP contribution is 2.10. The van der Waals surface area contributed by atoms with E-state index >= 15 is 0 Å². The molecule has 0 amide bonds. The van der Waals surface area contributed by atoms with Gasteiger partial charge >= 0.3 is 0 Å². The average molecular weight is 272 g/mol. The second-order valence-electron chi connectivity index (χ2n) is 4.44. The standard InChI is InChI=1S/C12H20N2O3S/c1-10(2)14-18(16,17)13-9-3-4-11-5-7-12(15)8-6-11/h5-8,10,13-15H,3-4,9H2,1-2H3. The normalized spacial score (nSPS) is 11.9. The van der Waals surface area contributed by atoms with Gasteiger partial charge in [0, 0.05) is 12.6 Å². The third-order valence-corrected chi connectivity index (χ3v) is 3.63. The maximum atomic E-state index is 11.4. The molecule has 3 N–H and O–H groups in total. The fourth-order valence-electron chi connectivity index (χ4n) is 1.51. The summed E-state index contributed by atoms with van der Waals surface area (Å²) in [4.78, 5) is 0. The smallest absolute Gasteiger partial charge is 0.277 e. The second-order valence-corrected chi connectivity index (χ2v) is 5.97. The fourth-order valence-corrected chi connectivity index (χ4v) is 2.63. The Balaban J connectivity index is 2.28. The summed E-state index contributed by atoms with van der Waals surface area (Å²) in [6.07, 6.45) is 1.48. The molecule has 0 saturated carbocycles. The molecule has 0 fully saturated rings. The summed E-state index contributed by atoms with van der Waals surface area (Å²) >= 11 is 0. The lowest BCUT2D eigenvalue weighted by Crippen LogP contribution is -2.40. The Hall–Kier alpha value is -1.11. The van der Waals surface area contributed by atoms with Crippen molar-refractivity contribution in [2.45, 2.75) is 32.7 Å². The van der Waals surface area contributed by atoms with Crippen LogP contribution in [0.4, 0.5) is 0 Å². The molecule has 0 aromatic heterocycles. The number of aryl methyl sites for hydroxylation is 1. The molecule has 0 spiro atoms. The van der Waals surface area contributed by atoms with Gasteiger partial charge in [-0.15, -0.1) is 0 Å². The first kappa shape index (κ1) is 14.9. The van der Waals surface area contributed by atoms with E-state index in [1.54, 1.807) is 26.0 Å². The fraction of sp³-hybridized carbons (Fsp3) is 0.500. The van der Waals surface area contributed by atoms with Gasteiger partial charge in [0.05, 0.1) is 0 Å². The summed E-state index contributed by atoms with van der Waals surface area (Å²) in [6.45, 7) is 3.94. The first-order valence-corrected chi connectivity index (χ1v) is 7.42. The SMILES string of the molecule is CC(C)NS(=O)(=O)NCCCc1ccc(O)cc1. The molecular formula is C12H20N2O3S. The zero-order valence-corrected chi connectivity index (χ0v) is 11.5. The zero-order valence-electron chi connectivity index (χ0n) is 10.7. The molecule has 0 aliphatic heterocycles.